The van der Waals surface area contributed by atoms with Crippen LogP contribution in [0.25, 0.3) is 0 Å². The SMILES string of the molecule is Br.Cc1ccc2c(c1)C(C)(C)C(C)(CCCC(=O)O)N2. The summed E-state index contributed by atoms with van der Waals surface area (Å²) in [7, 11) is 0. The molecule has 112 valence electrons. The van der Waals surface area contributed by atoms with E-state index in [2.05, 4.69) is 51.2 Å². The van der Waals surface area contributed by atoms with Crippen LogP contribution < -0.4 is 5.32 Å². The van der Waals surface area contributed by atoms with Crippen molar-refractivity contribution in [2.75, 3.05) is 5.32 Å². The first-order chi connectivity index (χ1) is 8.76. The van der Waals surface area contributed by atoms with Gasteiger partial charge in [0.1, 0.15) is 0 Å². The molecule has 2 rings (SSSR count). The van der Waals surface area contributed by atoms with E-state index in [1.807, 2.05) is 0 Å². The molecule has 1 unspecified atom stereocenters. The Bertz CT molecular complexity index is 513. The van der Waals surface area contributed by atoms with E-state index in [9.17, 15) is 4.79 Å². The zero-order chi connectivity index (χ0) is 14.3. The van der Waals surface area contributed by atoms with Gasteiger partial charge in [-0.15, -0.1) is 17.0 Å². The van der Waals surface area contributed by atoms with Crippen molar-refractivity contribution in [1.29, 1.82) is 0 Å². The van der Waals surface area contributed by atoms with Crippen molar-refractivity contribution in [2.45, 2.75) is 57.9 Å². The molecule has 1 aliphatic rings. The topological polar surface area (TPSA) is 49.3 Å². The summed E-state index contributed by atoms with van der Waals surface area (Å²) in [6, 6.07) is 6.49. The molecule has 0 radical (unpaired) electrons. The maximum Gasteiger partial charge on any atom is 0.303 e. The fourth-order valence-corrected chi connectivity index (χ4v) is 3.00. The number of nitrogens with one attached hydrogen (secondary N) is 1. The van der Waals surface area contributed by atoms with Crippen molar-refractivity contribution in [2.24, 2.45) is 0 Å². The summed E-state index contributed by atoms with van der Waals surface area (Å²) in [4.78, 5) is 10.7. The monoisotopic (exact) mass is 341 g/mol. The second-order valence-corrected chi connectivity index (χ2v) is 6.38. The number of carboxylic acids is 1. The summed E-state index contributed by atoms with van der Waals surface area (Å²) >= 11 is 0. The average Bonchev–Trinajstić information content (AvgIpc) is 2.48. The number of hydrogen-bond donors (Lipinski definition) is 2. The third kappa shape index (κ3) is 2.85. The molecule has 4 heteroatoms. The third-order valence-corrected chi connectivity index (χ3v) is 4.71. The van der Waals surface area contributed by atoms with Gasteiger partial charge in [-0.1, -0.05) is 31.5 Å². The largest absolute Gasteiger partial charge is 0.481 e. The van der Waals surface area contributed by atoms with E-state index < -0.39 is 5.97 Å². The van der Waals surface area contributed by atoms with E-state index in [0.717, 1.165) is 6.42 Å². The molecule has 0 amide bonds. The van der Waals surface area contributed by atoms with Gasteiger partial charge in [-0.3, -0.25) is 4.79 Å². The first kappa shape index (κ1) is 17.0. The minimum Gasteiger partial charge on any atom is -0.481 e. The van der Waals surface area contributed by atoms with Crippen LogP contribution in [-0.2, 0) is 10.2 Å². The lowest BCUT2D eigenvalue weighted by Gasteiger charge is -2.39. The van der Waals surface area contributed by atoms with Crippen LogP contribution in [0.2, 0.25) is 0 Å². The highest BCUT2D eigenvalue weighted by Gasteiger charge is 2.48. The van der Waals surface area contributed by atoms with Crippen LogP contribution >= 0.6 is 17.0 Å². The summed E-state index contributed by atoms with van der Waals surface area (Å²) in [5.41, 5.74) is 3.72. The van der Waals surface area contributed by atoms with Crippen molar-refractivity contribution >= 4 is 28.6 Å². The summed E-state index contributed by atoms with van der Waals surface area (Å²) in [6.07, 6.45) is 1.80. The second-order valence-electron chi connectivity index (χ2n) is 6.38. The molecule has 0 bridgehead atoms. The number of rotatable bonds is 4. The number of aryl methyl sites for hydroxylation is 1. The minimum atomic E-state index is -0.715. The van der Waals surface area contributed by atoms with E-state index in [-0.39, 0.29) is 34.4 Å². The Morgan fingerprint density at radius 1 is 1.30 bits per heavy atom. The summed E-state index contributed by atoms with van der Waals surface area (Å²) in [5.74, 6) is -0.715. The van der Waals surface area contributed by atoms with E-state index in [0.29, 0.717) is 6.42 Å². The van der Waals surface area contributed by atoms with Crippen LogP contribution in [0.4, 0.5) is 5.69 Å². The Hall–Kier alpha value is -1.03. The molecule has 1 aromatic rings. The lowest BCUT2D eigenvalue weighted by Crippen LogP contribution is -2.46. The van der Waals surface area contributed by atoms with Crippen LogP contribution in [-0.4, -0.2) is 16.6 Å². The van der Waals surface area contributed by atoms with Crippen LogP contribution in [0.5, 0.6) is 0 Å². The molecule has 1 aromatic carbocycles. The van der Waals surface area contributed by atoms with Gasteiger partial charge in [-0.2, -0.15) is 0 Å². The van der Waals surface area contributed by atoms with Crippen molar-refractivity contribution in [3.05, 3.63) is 29.3 Å². The maximum absolute atomic E-state index is 10.7. The Morgan fingerprint density at radius 3 is 2.55 bits per heavy atom. The van der Waals surface area contributed by atoms with Crippen molar-refractivity contribution in [1.82, 2.24) is 0 Å². The Balaban J connectivity index is 0.00000200. The predicted octanol–water partition coefficient (Wildman–Crippen LogP) is 4.29. The second kappa shape index (κ2) is 5.76. The van der Waals surface area contributed by atoms with Crippen LogP contribution in [0.1, 0.15) is 51.2 Å². The number of carbonyl (C=O) groups is 1. The minimum absolute atomic E-state index is 0. The fraction of sp³-hybridized carbons (Fsp3) is 0.562. The predicted molar refractivity (Wildman–Crippen MR) is 88.0 cm³/mol. The first-order valence-electron chi connectivity index (χ1n) is 6.87. The van der Waals surface area contributed by atoms with Crippen molar-refractivity contribution < 1.29 is 9.90 Å². The Kier molecular flexibility index (Phi) is 4.90. The lowest BCUT2D eigenvalue weighted by molar-refractivity contribution is -0.137. The normalized spacial score (nSPS) is 22.6. The molecule has 3 nitrogen and oxygen atoms in total. The molecule has 1 aliphatic heterocycles. The number of carboxylic acid groups (broad SMARTS) is 1. The fourth-order valence-electron chi connectivity index (χ4n) is 3.00. The molecule has 0 aliphatic carbocycles. The van der Waals surface area contributed by atoms with Gasteiger partial charge in [0.15, 0.2) is 0 Å². The molecule has 0 aromatic heterocycles. The number of hydrogen-bond acceptors (Lipinski definition) is 2. The van der Waals surface area contributed by atoms with Gasteiger partial charge in [0.2, 0.25) is 0 Å². The number of fused-ring (bicyclic) bond motifs is 1. The van der Waals surface area contributed by atoms with E-state index >= 15 is 0 Å². The molecule has 20 heavy (non-hydrogen) atoms. The van der Waals surface area contributed by atoms with Crippen LogP contribution in [0.15, 0.2) is 18.2 Å². The summed E-state index contributed by atoms with van der Waals surface area (Å²) in [6.45, 7) is 8.79. The molecule has 1 atom stereocenters. The quantitative estimate of drug-likeness (QED) is 0.858. The number of aliphatic carboxylic acids is 1. The Morgan fingerprint density at radius 2 is 1.95 bits per heavy atom. The highest BCUT2D eigenvalue weighted by Crippen LogP contribution is 2.49. The number of benzene rings is 1. The molecule has 1 heterocycles. The molecular formula is C16H24BrNO2. The standard InChI is InChI=1S/C16H23NO2.BrH/c1-11-7-8-13-12(10-11)15(2,3)16(4,17-13)9-5-6-14(18)19;/h7-8,10,17H,5-6,9H2,1-4H3,(H,18,19);1H. The van der Waals surface area contributed by atoms with Crippen molar-refractivity contribution in [3.63, 3.8) is 0 Å². The molecule has 0 fully saturated rings. The van der Waals surface area contributed by atoms with Gasteiger partial charge in [0, 0.05) is 23.1 Å². The maximum atomic E-state index is 10.7. The molecule has 0 spiro atoms. The number of anilines is 1. The Labute approximate surface area is 131 Å². The van der Waals surface area contributed by atoms with Gasteiger partial charge in [-0.05, 0) is 38.3 Å². The molecule has 0 saturated carbocycles. The molecule has 2 N–H and O–H groups in total. The van der Waals surface area contributed by atoms with Gasteiger partial charge < -0.3 is 10.4 Å². The van der Waals surface area contributed by atoms with E-state index in [4.69, 9.17) is 5.11 Å². The van der Waals surface area contributed by atoms with Gasteiger partial charge in [0.05, 0.1) is 0 Å². The number of halogens is 1. The van der Waals surface area contributed by atoms with Gasteiger partial charge >= 0.3 is 5.97 Å². The zero-order valence-corrected chi connectivity index (χ0v) is 14.3. The third-order valence-electron chi connectivity index (χ3n) is 4.71. The highest BCUT2D eigenvalue weighted by atomic mass is 79.9. The van der Waals surface area contributed by atoms with Gasteiger partial charge in [0.25, 0.3) is 0 Å². The molecular weight excluding hydrogens is 318 g/mol. The first-order valence-corrected chi connectivity index (χ1v) is 6.87. The van der Waals surface area contributed by atoms with E-state index in [1.54, 1.807) is 0 Å². The van der Waals surface area contributed by atoms with Gasteiger partial charge in [-0.25, -0.2) is 0 Å². The van der Waals surface area contributed by atoms with Crippen molar-refractivity contribution in [3.8, 4) is 0 Å². The summed E-state index contributed by atoms with van der Waals surface area (Å²) in [5, 5.41) is 12.4. The smallest absolute Gasteiger partial charge is 0.303 e. The lowest BCUT2D eigenvalue weighted by atomic mass is 9.69. The summed E-state index contributed by atoms with van der Waals surface area (Å²) < 4.78 is 0. The molecule has 0 saturated heterocycles. The van der Waals surface area contributed by atoms with E-state index in [1.165, 1.54) is 16.8 Å². The van der Waals surface area contributed by atoms with Crippen LogP contribution in [0.3, 0.4) is 0 Å². The van der Waals surface area contributed by atoms with Crippen LogP contribution in [0, 0.1) is 6.92 Å². The highest BCUT2D eigenvalue weighted by molar-refractivity contribution is 8.93. The average molecular weight is 342 g/mol. The zero-order valence-electron chi connectivity index (χ0n) is 12.6.